The van der Waals surface area contributed by atoms with E-state index < -0.39 is 0 Å². The molecule has 0 radical (unpaired) electrons. The van der Waals surface area contributed by atoms with Crippen LogP contribution in [0.4, 0.5) is 0 Å². The number of nitrogens with zero attached hydrogens (tertiary/aromatic N) is 1. The first-order chi connectivity index (χ1) is 10.8. The monoisotopic (exact) mass is 295 g/mol. The fourth-order valence-electron chi connectivity index (χ4n) is 3.91. The van der Waals surface area contributed by atoms with Crippen LogP contribution in [0.2, 0.25) is 0 Å². The van der Waals surface area contributed by atoms with Crippen LogP contribution >= 0.6 is 0 Å². The Kier molecular flexibility index (Phi) is 2.47. The minimum absolute atomic E-state index is 0.143. The summed E-state index contributed by atoms with van der Waals surface area (Å²) in [5.74, 6) is 1.84. The standard InChI is InChI=1S/C18H17NO3/c20-16-3-1-2-11-6-15-13-8-18-17(21-10-22-18)7-12(13)4-5-19(15)9-14(11)16/h1-3,6,8-9,12,17,20H,4-5,7,10H2. The molecule has 4 nitrogen and oxygen atoms in total. The number of allylic oxidation sites excluding steroid dienone is 3. The van der Waals surface area contributed by atoms with Gasteiger partial charge < -0.3 is 19.5 Å². The molecule has 0 spiro atoms. The third-order valence-electron chi connectivity index (χ3n) is 5.07. The van der Waals surface area contributed by atoms with Crippen molar-refractivity contribution >= 4 is 12.3 Å². The Morgan fingerprint density at radius 1 is 1.23 bits per heavy atom. The van der Waals surface area contributed by atoms with E-state index in [1.165, 1.54) is 11.3 Å². The van der Waals surface area contributed by atoms with Crippen molar-refractivity contribution in [1.82, 2.24) is 4.90 Å². The van der Waals surface area contributed by atoms with E-state index in [0.717, 1.165) is 35.6 Å². The van der Waals surface area contributed by atoms with Crippen molar-refractivity contribution in [2.24, 2.45) is 5.92 Å². The van der Waals surface area contributed by atoms with E-state index in [9.17, 15) is 5.11 Å². The van der Waals surface area contributed by atoms with Crippen LogP contribution in [0, 0.1) is 5.92 Å². The summed E-state index contributed by atoms with van der Waals surface area (Å²) in [7, 11) is 0. The van der Waals surface area contributed by atoms with Crippen molar-refractivity contribution in [2.45, 2.75) is 18.9 Å². The molecular formula is C18H17NO3. The van der Waals surface area contributed by atoms with Crippen LogP contribution in [-0.4, -0.2) is 29.4 Å². The fourth-order valence-corrected chi connectivity index (χ4v) is 3.91. The molecule has 22 heavy (non-hydrogen) atoms. The number of phenols is 1. The first-order valence-electron chi connectivity index (χ1n) is 7.78. The Morgan fingerprint density at radius 2 is 2.18 bits per heavy atom. The van der Waals surface area contributed by atoms with Gasteiger partial charge in [0.1, 0.15) is 17.6 Å². The number of phenolic OH excluding ortho intramolecular Hbond substituents is 1. The molecule has 112 valence electrons. The van der Waals surface area contributed by atoms with Crippen LogP contribution in [-0.2, 0) is 9.47 Å². The third-order valence-corrected chi connectivity index (χ3v) is 5.07. The number of rotatable bonds is 0. The van der Waals surface area contributed by atoms with Crippen molar-refractivity contribution in [3.8, 4) is 5.75 Å². The number of fused-ring (bicyclic) bond motifs is 4. The highest BCUT2D eigenvalue weighted by molar-refractivity contribution is 5.61. The molecule has 4 heteroatoms. The Balaban J connectivity index is 1.73. The zero-order valence-corrected chi connectivity index (χ0v) is 12.2. The second kappa shape index (κ2) is 4.40. The van der Waals surface area contributed by atoms with Gasteiger partial charge in [-0.1, -0.05) is 12.1 Å². The van der Waals surface area contributed by atoms with Gasteiger partial charge in [-0.25, -0.2) is 0 Å². The van der Waals surface area contributed by atoms with E-state index in [-0.39, 0.29) is 6.10 Å². The molecule has 1 fully saturated rings. The molecule has 0 aromatic heterocycles. The fraction of sp³-hybridized carbons (Fsp3) is 0.333. The summed E-state index contributed by atoms with van der Waals surface area (Å²) in [6, 6.07) is 5.68. The lowest BCUT2D eigenvalue weighted by Crippen LogP contribution is -2.39. The van der Waals surface area contributed by atoms with Crippen LogP contribution in [0.5, 0.6) is 5.75 Å². The van der Waals surface area contributed by atoms with Crippen molar-refractivity contribution < 1.29 is 14.6 Å². The van der Waals surface area contributed by atoms with Gasteiger partial charge in [0.05, 0.1) is 0 Å². The Labute approximate surface area is 128 Å². The van der Waals surface area contributed by atoms with Crippen molar-refractivity contribution in [2.75, 3.05) is 13.3 Å². The van der Waals surface area contributed by atoms with E-state index in [1.54, 1.807) is 6.07 Å². The lowest BCUT2D eigenvalue weighted by molar-refractivity contribution is 0.0429. The van der Waals surface area contributed by atoms with Gasteiger partial charge in [-0.3, -0.25) is 0 Å². The van der Waals surface area contributed by atoms with Crippen LogP contribution in [0.3, 0.4) is 0 Å². The molecule has 0 amide bonds. The number of hydrogen-bond acceptors (Lipinski definition) is 4. The van der Waals surface area contributed by atoms with E-state index in [4.69, 9.17) is 9.47 Å². The highest BCUT2D eigenvalue weighted by Gasteiger charge is 2.37. The normalized spacial score (nSPS) is 28.4. The van der Waals surface area contributed by atoms with E-state index in [0.29, 0.717) is 18.5 Å². The molecule has 0 saturated carbocycles. The highest BCUT2D eigenvalue weighted by Crippen LogP contribution is 2.41. The number of ether oxygens (including phenoxy) is 2. The molecule has 1 N–H and O–H groups in total. The zero-order chi connectivity index (χ0) is 14.7. The van der Waals surface area contributed by atoms with Gasteiger partial charge in [0, 0.05) is 23.7 Å². The van der Waals surface area contributed by atoms with Gasteiger partial charge in [-0.15, -0.1) is 0 Å². The van der Waals surface area contributed by atoms with Gasteiger partial charge in [0.15, 0.2) is 6.79 Å². The Bertz CT molecular complexity index is 836. The maximum absolute atomic E-state index is 10.1. The Morgan fingerprint density at radius 3 is 3.14 bits per heavy atom. The number of hydrogen-bond donors (Lipinski definition) is 1. The molecule has 4 aliphatic rings. The molecule has 3 aliphatic heterocycles. The van der Waals surface area contributed by atoms with Gasteiger partial charge >= 0.3 is 0 Å². The summed E-state index contributed by atoms with van der Waals surface area (Å²) in [6.45, 7) is 1.35. The molecular weight excluding hydrogens is 278 g/mol. The minimum Gasteiger partial charge on any atom is -0.507 e. The third kappa shape index (κ3) is 1.67. The lowest BCUT2D eigenvalue weighted by Gasteiger charge is -2.38. The van der Waals surface area contributed by atoms with Gasteiger partial charge in [0.2, 0.25) is 0 Å². The second-order valence-electron chi connectivity index (χ2n) is 6.27. The summed E-state index contributed by atoms with van der Waals surface area (Å²) < 4.78 is 11.2. The van der Waals surface area contributed by atoms with Crippen LogP contribution in [0.25, 0.3) is 12.3 Å². The predicted molar refractivity (Wildman–Crippen MR) is 81.7 cm³/mol. The maximum Gasteiger partial charge on any atom is 0.189 e. The number of benzene rings is 1. The molecule has 1 saturated heterocycles. The lowest BCUT2D eigenvalue weighted by atomic mass is 9.80. The minimum atomic E-state index is 0.143. The topological polar surface area (TPSA) is 41.9 Å². The number of aromatic hydroxyl groups is 1. The summed E-state index contributed by atoms with van der Waals surface area (Å²) in [5.41, 5.74) is 2.57. The van der Waals surface area contributed by atoms with Crippen molar-refractivity contribution in [1.29, 1.82) is 0 Å². The smallest absolute Gasteiger partial charge is 0.189 e. The second-order valence-corrected chi connectivity index (χ2v) is 6.27. The average molecular weight is 295 g/mol. The molecule has 2 atom stereocenters. The summed E-state index contributed by atoms with van der Waals surface area (Å²) in [4.78, 5) is 2.25. The largest absolute Gasteiger partial charge is 0.507 e. The maximum atomic E-state index is 10.1. The molecule has 1 aliphatic carbocycles. The molecule has 5 rings (SSSR count). The highest BCUT2D eigenvalue weighted by atomic mass is 16.7. The van der Waals surface area contributed by atoms with Crippen LogP contribution < -0.4 is 10.4 Å². The first-order valence-corrected chi connectivity index (χ1v) is 7.78. The molecule has 2 unspecified atom stereocenters. The summed E-state index contributed by atoms with van der Waals surface area (Å²) in [5, 5.41) is 12.0. The molecule has 3 heterocycles. The van der Waals surface area contributed by atoms with Gasteiger partial charge in [-0.05, 0) is 47.8 Å². The van der Waals surface area contributed by atoms with E-state index in [1.807, 2.05) is 12.1 Å². The van der Waals surface area contributed by atoms with Crippen molar-refractivity contribution in [3.63, 3.8) is 0 Å². The SMILES string of the molecule is Oc1cccc2c1=CN1CCC3CC4OCOC4=CC3=C1C=2. The van der Waals surface area contributed by atoms with Crippen LogP contribution in [0.1, 0.15) is 12.8 Å². The van der Waals surface area contributed by atoms with Gasteiger partial charge in [-0.2, -0.15) is 0 Å². The molecule has 1 aromatic carbocycles. The first kappa shape index (κ1) is 12.4. The van der Waals surface area contributed by atoms with Crippen LogP contribution in [0.15, 0.2) is 41.3 Å². The summed E-state index contributed by atoms with van der Waals surface area (Å²) >= 11 is 0. The Hall–Kier alpha value is -2.20. The zero-order valence-electron chi connectivity index (χ0n) is 12.2. The quantitative estimate of drug-likeness (QED) is 0.780. The summed E-state index contributed by atoms with van der Waals surface area (Å²) in [6.07, 6.45) is 8.69. The van der Waals surface area contributed by atoms with Crippen molar-refractivity contribution in [3.05, 3.63) is 51.7 Å². The van der Waals surface area contributed by atoms with Gasteiger partial charge in [0.25, 0.3) is 0 Å². The van der Waals surface area contributed by atoms with E-state index >= 15 is 0 Å². The molecule has 1 aromatic rings. The average Bonchev–Trinajstić information content (AvgIpc) is 2.99. The molecule has 0 bridgehead atoms. The van der Waals surface area contributed by atoms with E-state index in [2.05, 4.69) is 23.3 Å². The predicted octanol–water partition coefficient (Wildman–Crippen LogP) is 1.16.